The summed E-state index contributed by atoms with van der Waals surface area (Å²) in [5.74, 6) is -0.296. The Bertz CT molecular complexity index is 768. The Labute approximate surface area is 109 Å². The number of benzene rings is 2. The maximum Gasteiger partial charge on any atom is 0.123 e. The number of anilines is 2. The SMILES string of the molecule is Nc1ccc2nc(-c3cccc(F)c3)cc(N)c2c1. The van der Waals surface area contributed by atoms with Crippen LogP contribution in [0.4, 0.5) is 15.8 Å². The second-order valence-electron chi connectivity index (χ2n) is 4.38. The van der Waals surface area contributed by atoms with Crippen molar-refractivity contribution in [2.75, 3.05) is 11.5 Å². The molecule has 3 nitrogen and oxygen atoms in total. The van der Waals surface area contributed by atoms with Gasteiger partial charge in [0.05, 0.1) is 11.2 Å². The molecule has 0 aliphatic rings. The summed E-state index contributed by atoms with van der Waals surface area (Å²) >= 11 is 0. The van der Waals surface area contributed by atoms with Crippen LogP contribution in [0.15, 0.2) is 48.5 Å². The Morgan fingerprint density at radius 1 is 0.947 bits per heavy atom. The zero-order valence-electron chi connectivity index (χ0n) is 10.1. The van der Waals surface area contributed by atoms with E-state index in [4.69, 9.17) is 11.5 Å². The lowest BCUT2D eigenvalue weighted by Gasteiger charge is -2.07. The molecule has 1 aromatic heterocycles. The minimum absolute atomic E-state index is 0.296. The summed E-state index contributed by atoms with van der Waals surface area (Å²) in [6.45, 7) is 0. The molecule has 19 heavy (non-hydrogen) atoms. The van der Waals surface area contributed by atoms with Crippen molar-refractivity contribution in [3.63, 3.8) is 0 Å². The maximum atomic E-state index is 13.2. The van der Waals surface area contributed by atoms with Gasteiger partial charge in [-0.2, -0.15) is 0 Å². The van der Waals surface area contributed by atoms with E-state index >= 15 is 0 Å². The van der Waals surface area contributed by atoms with Crippen LogP contribution in [0.1, 0.15) is 0 Å². The lowest BCUT2D eigenvalue weighted by Crippen LogP contribution is -1.94. The zero-order chi connectivity index (χ0) is 13.4. The Hall–Kier alpha value is -2.62. The lowest BCUT2D eigenvalue weighted by molar-refractivity contribution is 0.628. The van der Waals surface area contributed by atoms with Gasteiger partial charge in [0.25, 0.3) is 0 Å². The number of nitrogens with zero attached hydrogens (tertiary/aromatic N) is 1. The molecule has 0 bridgehead atoms. The van der Waals surface area contributed by atoms with Crippen molar-refractivity contribution < 1.29 is 4.39 Å². The summed E-state index contributed by atoms with van der Waals surface area (Å²) in [4.78, 5) is 4.49. The Morgan fingerprint density at radius 2 is 1.79 bits per heavy atom. The first kappa shape index (κ1) is 11.5. The molecule has 3 aromatic rings. The van der Waals surface area contributed by atoms with Crippen molar-refractivity contribution in [3.05, 3.63) is 54.3 Å². The molecule has 2 aromatic carbocycles. The minimum Gasteiger partial charge on any atom is -0.399 e. The number of pyridine rings is 1. The molecule has 0 radical (unpaired) electrons. The molecule has 0 spiro atoms. The van der Waals surface area contributed by atoms with Crippen molar-refractivity contribution >= 4 is 22.3 Å². The number of hydrogen-bond donors (Lipinski definition) is 2. The van der Waals surface area contributed by atoms with E-state index < -0.39 is 0 Å². The number of hydrogen-bond acceptors (Lipinski definition) is 3. The molecule has 0 aliphatic heterocycles. The van der Waals surface area contributed by atoms with E-state index in [1.165, 1.54) is 12.1 Å². The zero-order valence-corrected chi connectivity index (χ0v) is 10.1. The molecule has 0 aliphatic carbocycles. The van der Waals surface area contributed by atoms with Gasteiger partial charge in [-0.3, -0.25) is 0 Å². The van der Waals surface area contributed by atoms with Crippen molar-refractivity contribution in [2.24, 2.45) is 0 Å². The molecule has 0 saturated heterocycles. The van der Waals surface area contributed by atoms with Crippen molar-refractivity contribution in [1.82, 2.24) is 4.98 Å². The number of fused-ring (bicyclic) bond motifs is 1. The minimum atomic E-state index is -0.296. The molecule has 0 atom stereocenters. The fraction of sp³-hybridized carbons (Fsp3) is 0. The van der Waals surface area contributed by atoms with Crippen LogP contribution < -0.4 is 11.5 Å². The summed E-state index contributed by atoms with van der Waals surface area (Å²) in [5, 5.41) is 0.806. The normalized spacial score (nSPS) is 10.8. The number of nitrogens with two attached hydrogens (primary N) is 2. The molecular weight excluding hydrogens is 241 g/mol. The molecular formula is C15H12FN3. The molecule has 0 saturated carbocycles. The summed E-state index contributed by atoms with van der Waals surface area (Å²) in [5.41, 5.74) is 15.1. The van der Waals surface area contributed by atoms with Crippen LogP contribution in [-0.4, -0.2) is 4.98 Å². The van der Waals surface area contributed by atoms with Gasteiger partial charge in [-0.1, -0.05) is 12.1 Å². The van der Waals surface area contributed by atoms with Crippen LogP contribution >= 0.6 is 0 Å². The third-order valence-electron chi connectivity index (χ3n) is 2.99. The molecule has 3 rings (SSSR count). The molecule has 0 fully saturated rings. The quantitative estimate of drug-likeness (QED) is 0.654. The maximum absolute atomic E-state index is 13.2. The number of aromatic nitrogens is 1. The van der Waals surface area contributed by atoms with E-state index in [0.29, 0.717) is 22.6 Å². The highest BCUT2D eigenvalue weighted by Crippen LogP contribution is 2.27. The van der Waals surface area contributed by atoms with Gasteiger partial charge in [0.1, 0.15) is 5.82 Å². The smallest absolute Gasteiger partial charge is 0.123 e. The molecule has 0 unspecified atom stereocenters. The second kappa shape index (κ2) is 4.24. The van der Waals surface area contributed by atoms with Crippen LogP contribution in [0.3, 0.4) is 0 Å². The van der Waals surface area contributed by atoms with Gasteiger partial charge in [-0.25, -0.2) is 9.37 Å². The Morgan fingerprint density at radius 3 is 2.58 bits per heavy atom. The highest BCUT2D eigenvalue weighted by Gasteiger charge is 2.06. The van der Waals surface area contributed by atoms with Crippen molar-refractivity contribution in [1.29, 1.82) is 0 Å². The van der Waals surface area contributed by atoms with Gasteiger partial charge in [0.15, 0.2) is 0 Å². The van der Waals surface area contributed by atoms with E-state index in [1.807, 2.05) is 6.07 Å². The van der Waals surface area contributed by atoms with E-state index in [0.717, 1.165) is 10.9 Å². The van der Waals surface area contributed by atoms with Crippen LogP contribution in [0.5, 0.6) is 0 Å². The summed E-state index contributed by atoms with van der Waals surface area (Å²) in [7, 11) is 0. The molecule has 4 heteroatoms. The van der Waals surface area contributed by atoms with E-state index in [9.17, 15) is 4.39 Å². The van der Waals surface area contributed by atoms with Crippen LogP contribution in [0.2, 0.25) is 0 Å². The second-order valence-corrected chi connectivity index (χ2v) is 4.38. The molecule has 0 amide bonds. The molecule has 1 heterocycles. The van der Waals surface area contributed by atoms with Gasteiger partial charge < -0.3 is 11.5 Å². The number of halogens is 1. The first-order valence-electron chi connectivity index (χ1n) is 5.85. The predicted octanol–water partition coefficient (Wildman–Crippen LogP) is 3.21. The largest absolute Gasteiger partial charge is 0.399 e. The van der Waals surface area contributed by atoms with Crippen LogP contribution in [-0.2, 0) is 0 Å². The standard InChI is InChI=1S/C15H12FN3/c16-10-3-1-2-9(6-10)15-8-13(18)12-7-11(17)4-5-14(12)19-15/h1-8H,17H2,(H2,18,19). The first-order valence-corrected chi connectivity index (χ1v) is 5.85. The summed E-state index contributed by atoms with van der Waals surface area (Å²) < 4.78 is 13.2. The van der Waals surface area contributed by atoms with Crippen LogP contribution in [0, 0.1) is 5.82 Å². The monoisotopic (exact) mass is 253 g/mol. The third kappa shape index (κ3) is 2.08. The van der Waals surface area contributed by atoms with E-state index in [1.54, 1.807) is 30.3 Å². The summed E-state index contributed by atoms with van der Waals surface area (Å²) in [6, 6.07) is 13.4. The van der Waals surface area contributed by atoms with Gasteiger partial charge >= 0.3 is 0 Å². The van der Waals surface area contributed by atoms with E-state index in [2.05, 4.69) is 4.98 Å². The average Bonchev–Trinajstić information content (AvgIpc) is 2.39. The molecule has 4 N–H and O–H groups in total. The number of rotatable bonds is 1. The highest BCUT2D eigenvalue weighted by molar-refractivity contribution is 5.94. The third-order valence-corrected chi connectivity index (χ3v) is 2.99. The highest BCUT2D eigenvalue weighted by atomic mass is 19.1. The first-order chi connectivity index (χ1) is 9.13. The van der Waals surface area contributed by atoms with Crippen LogP contribution in [0.25, 0.3) is 22.2 Å². The summed E-state index contributed by atoms with van der Waals surface area (Å²) in [6.07, 6.45) is 0. The Kier molecular flexibility index (Phi) is 2.56. The lowest BCUT2D eigenvalue weighted by atomic mass is 10.1. The Balaban J connectivity index is 2.24. The molecule has 94 valence electrons. The van der Waals surface area contributed by atoms with Gasteiger partial charge in [-0.05, 0) is 36.4 Å². The fourth-order valence-corrected chi connectivity index (χ4v) is 2.07. The van der Waals surface area contributed by atoms with E-state index in [-0.39, 0.29) is 5.82 Å². The van der Waals surface area contributed by atoms with Crippen molar-refractivity contribution in [2.45, 2.75) is 0 Å². The predicted molar refractivity (Wildman–Crippen MR) is 76.0 cm³/mol. The average molecular weight is 253 g/mol. The number of nitrogen functional groups attached to an aromatic ring is 2. The topological polar surface area (TPSA) is 64.9 Å². The van der Waals surface area contributed by atoms with Crippen molar-refractivity contribution in [3.8, 4) is 11.3 Å². The van der Waals surface area contributed by atoms with Gasteiger partial charge in [0, 0.05) is 22.3 Å². The van der Waals surface area contributed by atoms with Gasteiger partial charge in [-0.15, -0.1) is 0 Å². The van der Waals surface area contributed by atoms with Gasteiger partial charge in [0.2, 0.25) is 0 Å². The fourth-order valence-electron chi connectivity index (χ4n) is 2.07.